The number of fused-ring (bicyclic) bond motifs is 1. The van der Waals surface area contributed by atoms with Gasteiger partial charge in [-0.3, -0.25) is 4.79 Å². The van der Waals surface area contributed by atoms with Crippen LogP contribution in [0.4, 0.5) is 0 Å². The van der Waals surface area contributed by atoms with E-state index < -0.39 is 0 Å². The molecule has 0 aliphatic heterocycles. The van der Waals surface area contributed by atoms with Gasteiger partial charge in [0, 0.05) is 11.1 Å². The molecule has 0 bridgehead atoms. The number of methoxy groups -OCH3 is 3. The molecule has 8 heteroatoms. The van der Waals surface area contributed by atoms with Crippen LogP contribution >= 0.6 is 11.8 Å². The monoisotopic (exact) mass is 436 g/mol. The van der Waals surface area contributed by atoms with E-state index in [0.29, 0.717) is 39.5 Å². The van der Waals surface area contributed by atoms with Gasteiger partial charge in [0.15, 0.2) is 17.3 Å². The maximum atomic E-state index is 12.6. The first-order chi connectivity index (χ1) is 15.1. The van der Waals surface area contributed by atoms with Crippen molar-refractivity contribution in [3.8, 4) is 28.7 Å². The summed E-state index contributed by atoms with van der Waals surface area (Å²) in [5.74, 6) is 1.91. The molecule has 158 valence electrons. The number of ketones is 1. The van der Waals surface area contributed by atoms with Crippen LogP contribution in [-0.2, 0) is 0 Å². The highest BCUT2D eigenvalue weighted by atomic mass is 32.2. The van der Waals surface area contributed by atoms with Crippen molar-refractivity contribution < 1.29 is 23.4 Å². The second-order valence-corrected chi connectivity index (χ2v) is 7.49. The van der Waals surface area contributed by atoms with E-state index in [9.17, 15) is 4.79 Å². The summed E-state index contributed by atoms with van der Waals surface area (Å²) in [6.07, 6.45) is 0. The summed E-state index contributed by atoms with van der Waals surface area (Å²) in [6, 6.07) is 17.1. The quantitative estimate of drug-likeness (QED) is 0.285. The zero-order valence-corrected chi connectivity index (χ0v) is 18.1. The van der Waals surface area contributed by atoms with E-state index in [1.165, 1.54) is 33.1 Å². The summed E-state index contributed by atoms with van der Waals surface area (Å²) in [4.78, 5) is 12.6. The molecule has 0 aliphatic carbocycles. The zero-order chi connectivity index (χ0) is 21.8. The van der Waals surface area contributed by atoms with Crippen LogP contribution in [0.2, 0.25) is 0 Å². The van der Waals surface area contributed by atoms with Crippen LogP contribution in [0.1, 0.15) is 10.4 Å². The minimum Gasteiger partial charge on any atom is -0.493 e. The average Bonchev–Trinajstić information content (AvgIpc) is 3.30. The number of carbonyl (C=O) groups is 1. The Labute approximate surface area is 183 Å². The van der Waals surface area contributed by atoms with E-state index in [2.05, 4.69) is 10.2 Å². The highest BCUT2D eigenvalue weighted by molar-refractivity contribution is 7.99. The summed E-state index contributed by atoms with van der Waals surface area (Å²) >= 11 is 1.19. The Morgan fingerprint density at radius 1 is 0.903 bits per heavy atom. The average molecular weight is 436 g/mol. The summed E-state index contributed by atoms with van der Waals surface area (Å²) in [5.41, 5.74) is 1.27. The lowest BCUT2D eigenvalue weighted by Crippen LogP contribution is -2.02. The Kier molecular flexibility index (Phi) is 6.08. The summed E-state index contributed by atoms with van der Waals surface area (Å²) in [5, 5.41) is 10.6. The molecule has 0 saturated heterocycles. The number of aromatic nitrogens is 2. The number of benzene rings is 3. The number of hydrogen-bond donors (Lipinski definition) is 0. The predicted molar refractivity (Wildman–Crippen MR) is 118 cm³/mol. The molecule has 0 aliphatic rings. The van der Waals surface area contributed by atoms with Crippen molar-refractivity contribution in [2.75, 3.05) is 27.1 Å². The van der Waals surface area contributed by atoms with Crippen LogP contribution in [-0.4, -0.2) is 43.1 Å². The molecule has 0 amide bonds. The van der Waals surface area contributed by atoms with Gasteiger partial charge in [-0.05, 0) is 29.0 Å². The minimum atomic E-state index is -0.0108. The van der Waals surface area contributed by atoms with Crippen molar-refractivity contribution in [2.24, 2.45) is 0 Å². The maximum absolute atomic E-state index is 12.6. The van der Waals surface area contributed by atoms with Gasteiger partial charge in [-0.25, -0.2) is 0 Å². The molecule has 0 atom stereocenters. The van der Waals surface area contributed by atoms with E-state index in [-0.39, 0.29) is 11.5 Å². The van der Waals surface area contributed by atoms with Crippen molar-refractivity contribution in [3.63, 3.8) is 0 Å². The molecule has 7 nitrogen and oxygen atoms in total. The first-order valence-corrected chi connectivity index (χ1v) is 10.4. The van der Waals surface area contributed by atoms with E-state index in [0.717, 1.165) is 10.8 Å². The fraction of sp³-hybridized carbons (Fsp3) is 0.174. The van der Waals surface area contributed by atoms with Crippen LogP contribution in [0.3, 0.4) is 0 Å². The molecule has 4 aromatic rings. The second-order valence-electron chi connectivity index (χ2n) is 6.56. The molecule has 31 heavy (non-hydrogen) atoms. The highest BCUT2D eigenvalue weighted by Gasteiger charge is 2.18. The van der Waals surface area contributed by atoms with Gasteiger partial charge in [0.2, 0.25) is 11.6 Å². The SMILES string of the molecule is COc1cc(-c2nnc(SCC(=O)c3ccc4ccccc4c3)o2)cc(OC)c1OC. The van der Waals surface area contributed by atoms with Crippen molar-refractivity contribution in [3.05, 3.63) is 60.2 Å². The summed E-state index contributed by atoms with van der Waals surface area (Å²) < 4.78 is 21.8. The summed E-state index contributed by atoms with van der Waals surface area (Å²) in [6.45, 7) is 0. The number of thioether (sulfide) groups is 1. The second kappa shape index (κ2) is 9.09. The molecule has 3 aromatic carbocycles. The molecule has 0 spiro atoms. The number of ether oxygens (including phenoxy) is 3. The van der Waals surface area contributed by atoms with Crippen molar-refractivity contribution >= 4 is 28.3 Å². The van der Waals surface area contributed by atoms with Crippen LogP contribution < -0.4 is 14.2 Å². The number of carbonyl (C=O) groups excluding carboxylic acids is 1. The van der Waals surface area contributed by atoms with E-state index in [4.69, 9.17) is 18.6 Å². The van der Waals surface area contributed by atoms with Gasteiger partial charge >= 0.3 is 0 Å². The first kappa shape index (κ1) is 20.7. The Morgan fingerprint density at radius 2 is 1.61 bits per heavy atom. The molecule has 0 fully saturated rings. The largest absolute Gasteiger partial charge is 0.493 e. The van der Waals surface area contributed by atoms with Crippen molar-refractivity contribution in [2.45, 2.75) is 5.22 Å². The molecule has 0 N–H and O–H groups in total. The van der Waals surface area contributed by atoms with Crippen LogP contribution in [0.15, 0.2) is 64.2 Å². The van der Waals surface area contributed by atoms with E-state index in [1.54, 1.807) is 12.1 Å². The Hall–Kier alpha value is -3.52. The third-order valence-corrected chi connectivity index (χ3v) is 5.53. The normalized spacial score (nSPS) is 10.8. The molecule has 0 radical (unpaired) electrons. The van der Waals surface area contributed by atoms with Crippen molar-refractivity contribution in [1.29, 1.82) is 0 Å². The lowest BCUT2D eigenvalue weighted by Gasteiger charge is -2.12. The van der Waals surface area contributed by atoms with Gasteiger partial charge in [-0.15, -0.1) is 10.2 Å². The van der Waals surface area contributed by atoms with Gasteiger partial charge < -0.3 is 18.6 Å². The topological polar surface area (TPSA) is 83.7 Å². The maximum Gasteiger partial charge on any atom is 0.277 e. The van der Waals surface area contributed by atoms with Gasteiger partial charge in [0.1, 0.15) is 0 Å². The number of hydrogen-bond acceptors (Lipinski definition) is 8. The fourth-order valence-corrected chi connectivity index (χ4v) is 3.82. The van der Waals surface area contributed by atoms with Crippen molar-refractivity contribution in [1.82, 2.24) is 10.2 Å². The van der Waals surface area contributed by atoms with Crippen LogP contribution in [0, 0.1) is 0 Å². The smallest absolute Gasteiger partial charge is 0.277 e. The molecule has 0 unspecified atom stereocenters. The number of nitrogens with zero attached hydrogens (tertiary/aromatic N) is 2. The molecule has 1 heterocycles. The first-order valence-electron chi connectivity index (χ1n) is 9.41. The van der Waals surface area contributed by atoms with Gasteiger partial charge in [-0.1, -0.05) is 48.2 Å². The van der Waals surface area contributed by atoms with Crippen LogP contribution in [0.25, 0.3) is 22.2 Å². The molecule has 1 aromatic heterocycles. The Morgan fingerprint density at radius 3 is 2.29 bits per heavy atom. The Bertz CT molecular complexity index is 1210. The third kappa shape index (κ3) is 4.34. The predicted octanol–water partition coefficient (Wildman–Crippen LogP) is 4.89. The highest BCUT2D eigenvalue weighted by Crippen LogP contribution is 2.41. The standard InChI is InChI=1S/C23H20N2O5S/c1-27-19-11-17(12-20(28-2)21(19)29-3)22-24-25-23(30-22)31-13-18(26)16-9-8-14-6-4-5-7-15(14)10-16/h4-12H,13H2,1-3H3. The van der Waals surface area contributed by atoms with E-state index in [1.807, 2.05) is 42.5 Å². The fourth-order valence-electron chi connectivity index (χ4n) is 3.16. The van der Waals surface area contributed by atoms with Crippen LogP contribution in [0.5, 0.6) is 17.2 Å². The Balaban J connectivity index is 1.49. The molecular formula is C23H20N2O5S. The van der Waals surface area contributed by atoms with Gasteiger partial charge in [0.05, 0.1) is 27.1 Å². The lowest BCUT2D eigenvalue weighted by molar-refractivity contribution is 0.102. The van der Waals surface area contributed by atoms with Gasteiger partial charge in [-0.2, -0.15) is 0 Å². The number of rotatable bonds is 8. The molecular weight excluding hydrogens is 416 g/mol. The third-order valence-electron chi connectivity index (χ3n) is 4.72. The number of Topliss-reactive ketones (excluding diaryl/α,β-unsaturated/α-hetero) is 1. The molecule has 4 rings (SSSR count). The van der Waals surface area contributed by atoms with Gasteiger partial charge in [0.25, 0.3) is 5.22 Å². The lowest BCUT2D eigenvalue weighted by atomic mass is 10.1. The van der Waals surface area contributed by atoms with E-state index >= 15 is 0 Å². The zero-order valence-electron chi connectivity index (χ0n) is 17.2. The minimum absolute atomic E-state index is 0.0108. The molecule has 0 saturated carbocycles. The summed E-state index contributed by atoms with van der Waals surface area (Å²) in [7, 11) is 4.61.